The molecule has 1 aromatic rings. The lowest BCUT2D eigenvalue weighted by molar-refractivity contribution is 0.150. The third kappa shape index (κ3) is 4.11. The van der Waals surface area contributed by atoms with Crippen LogP contribution in [0.5, 0.6) is 0 Å². The molecule has 1 fully saturated rings. The van der Waals surface area contributed by atoms with Crippen molar-refractivity contribution in [2.24, 2.45) is 5.73 Å². The molecule has 0 aromatic heterocycles. The fourth-order valence-corrected chi connectivity index (χ4v) is 2.82. The Labute approximate surface area is 111 Å². The van der Waals surface area contributed by atoms with Crippen molar-refractivity contribution in [1.29, 1.82) is 0 Å². The molecule has 1 aliphatic heterocycles. The molecule has 2 rings (SSSR count). The van der Waals surface area contributed by atoms with Gasteiger partial charge in [-0.1, -0.05) is 36.8 Å². The van der Waals surface area contributed by atoms with Gasteiger partial charge < -0.3 is 5.73 Å². The van der Waals surface area contributed by atoms with E-state index in [9.17, 15) is 0 Å². The van der Waals surface area contributed by atoms with E-state index in [0.29, 0.717) is 6.04 Å². The maximum atomic E-state index is 6.27. The highest BCUT2D eigenvalue weighted by Crippen LogP contribution is 2.17. The van der Waals surface area contributed by atoms with Gasteiger partial charge in [0, 0.05) is 18.6 Å². The summed E-state index contributed by atoms with van der Waals surface area (Å²) in [5.74, 6) is 0. The Kier molecular flexibility index (Phi) is 5.21. The zero-order valence-electron chi connectivity index (χ0n) is 11.5. The average Bonchev–Trinajstić information content (AvgIpc) is 2.40. The van der Waals surface area contributed by atoms with Crippen molar-refractivity contribution in [1.82, 2.24) is 4.90 Å². The van der Waals surface area contributed by atoms with Crippen LogP contribution in [0.1, 0.15) is 38.2 Å². The predicted octanol–water partition coefficient (Wildman–Crippen LogP) is 2.82. The van der Waals surface area contributed by atoms with Crippen LogP contribution in [-0.2, 0) is 6.42 Å². The molecule has 0 amide bonds. The summed E-state index contributed by atoms with van der Waals surface area (Å²) in [6, 6.07) is 11.7. The topological polar surface area (TPSA) is 29.3 Å². The molecular weight excluding hydrogens is 220 g/mol. The lowest BCUT2D eigenvalue weighted by Gasteiger charge is -2.35. The summed E-state index contributed by atoms with van der Waals surface area (Å²) in [6.45, 7) is 4.64. The van der Waals surface area contributed by atoms with Gasteiger partial charge in [-0.3, -0.25) is 4.90 Å². The molecule has 0 spiro atoms. The number of benzene rings is 1. The van der Waals surface area contributed by atoms with Crippen LogP contribution in [0.3, 0.4) is 0 Å². The van der Waals surface area contributed by atoms with E-state index in [4.69, 9.17) is 5.73 Å². The predicted molar refractivity (Wildman–Crippen MR) is 77.6 cm³/mol. The monoisotopic (exact) mass is 246 g/mol. The first kappa shape index (κ1) is 13.6. The third-order valence-corrected chi connectivity index (χ3v) is 4.06. The summed E-state index contributed by atoms with van der Waals surface area (Å²) < 4.78 is 0. The van der Waals surface area contributed by atoms with Gasteiger partial charge >= 0.3 is 0 Å². The van der Waals surface area contributed by atoms with E-state index >= 15 is 0 Å². The molecule has 0 bridgehead atoms. The molecule has 1 saturated heterocycles. The van der Waals surface area contributed by atoms with Crippen molar-refractivity contribution < 1.29 is 0 Å². The summed E-state index contributed by atoms with van der Waals surface area (Å²) in [5.41, 5.74) is 7.68. The molecule has 2 nitrogen and oxygen atoms in total. The van der Waals surface area contributed by atoms with Crippen LogP contribution < -0.4 is 5.73 Å². The van der Waals surface area contributed by atoms with E-state index in [1.54, 1.807) is 0 Å². The number of nitrogens with zero attached hydrogens (tertiary/aromatic N) is 1. The first-order valence-corrected chi connectivity index (χ1v) is 7.29. The maximum Gasteiger partial charge on any atom is 0.0171 e. The number of piperidine rings is 1. The van der Waals surface area contributed by atoms with Gasteiger partial charge in [0.05, 0.1) is 0 Å². The maximum absolute atomic E-state index is 6.27. The van der Waals surface area contributed by atoms with Gasteiger partial charge in [0.15, 0.2) is 0 Å². The highest BCUT2D eigenvalue weighted by atomic mass is 15.2. The van der Waals surface area contributed by atoms with Crippen LogP contribution in [0, 0.1) is 0 Å². The zero-order chi connectivity index (χ0) is 12.8. The quantitative estimate of drug-likeness (QED) is 0.865. The average molecular weight is 246 g/mol. The molecular formula is C16H26N2. The first-order valence-electron chi connectivity index (χ1n) is 7.29. The van der Waals surface area contributed by atoms with Crippen LogP contribution in [-0.4, -0.2) is 30.1 Å². The molecule has 1 aromatic carbocycles. The number of likely N-dealkylation sites (tertiary alicyclic amines) is 1. The molecule has 0 saturated carbocycles. The number of hydrogen-bond acceptors (Lipinski definition) is 2. The van der Waals surface area contributed by atoms with Crippen LogP contribution in [0.25, 0.3) is 0 Å². The van der Waals surface area contributed by atoms with Crippen LogP contribution >= 0.6 is 0 Å². The van der Waals surface area contributed by atoms with Crippen molar-refractivity contribution in [3.05, 3.63) is 35.9 Å². The van der Waals surface area contributed by atoms with Gasteiger partial charge in [-0.25, -0.2) is 0 Å². The molecule has 100 valence electrons. The summed E-state index contributed by atoms with van der Waals surface area (Å²) in [6.07, 6.45) is 6.26. The minimum atomic E-state index is 0.311. The number of nitrogens with two attached hydrogens (primary N) is 1. The fraction of sp³-hybridized carbons (Fsp3) is 0.625. The van der Waals surface area contributed by atoms with Gasteiger partial charge in [-0.2, -0.15) is 0 Å². The second-order valence-electron chi connectivity index (χ2n) is 5.62. The van der Waals surface area contributed by atoms with Gasteiger partial charge in [-0.05, 0) is 44.7 Å². The lowest BCUT2D eigenvalue weighted by atomic mass is 10.0. The van der Waals surface area contributed by atoms with E-state index in [1.165, 1.54) is 31.4 Å². The molecule has 2 heteroatoms. The highest BCUT2D eigenvalue weighted by molar-refractivity contribution is 5.14. The van der Waals surface area contributed by atoms with Crippen molar-refractivity contribution in [3.63, 3.8) is 0 Å². The molecule has 1 heterocycles. The largest absolute Gasteiger partial charge is 0.327 e. The summed E-state index contributed by atoms with van der Waals surface area (Å²) in [7, 11) is 0. The zero-order valence-corrected chi connectivity index (χ0v) is 11.5. The van der Waals surface area contributed by atoms with Crippen LogP contribution in [0.2, 0.25) is 0 Å². The Balaban J connectivity index is 1.73. The minimum Gasteiger partial charge on any atom is -0.327 e. The Morgan fingerprint density at radius 3 is 2.78 bits per heavy atom. The number of hydrogen-bond donors (Lipinski definition) is 1. The van der Waals surface area contributed by atoms with Gasteiger partial charge in [0.2, 0.25) is 0 Å². The van der Waals surface area contributed by atoms with E-state index in [-0.39, 0.29) is 0 Å². The normalized spacial score (nSPS) is 22.9. The summed E-state index contributed by atoms with van der Waals surface area (Å²) >= 11 is 0. The molecule has 2 atom stereocenters. The van der Waals surface area contributed by atoms with Crippen molar-refractivity contribution in [2.75, 3.05) is 13.1 Å². The summed E-state index contributed by atoms with van der Waals surface area (Å²) in [5, 5.41) is 0. The van der Waals surface area contributed by atoms with Crippen molar-refractivity contribution >= 4 is 0 Å². The standard InChI is InChI=1S/C16H26N2/c1-14-7-5-6-12-18(14)13-16(17)11-10-15-8-3-2-4-9-15/h2-4,8-9,14,16H,5-7,10-13,17H2,1H3. The second kappa shape index (κ2) is 6.91. The summed E-state index contributed by atoms with van der Waals surface area (Å²) in [4.78, 5) is 2.57. The number of rotatable bonds is 5. The molecule has 18 heavy (non-hydrogen) atoms. The minimum absolute atomic E-state index is 0.311. The molecule has 0 radical (unpaired) electrons. The second-order valence-corrected chi connectivity index (χ2v) is 5.62. The Morgan fingerprint density at radius 2 is 2.06 bits per heavy atom. The lowest BCUT2D eigenvalue weighted by Crippen LogP contribution is -2.44. The van der Waals surface area contributed by atoms with Crippen molar-refractivity contribution in [2.45, 2.75) is 51.1 Å². The van der Waals surface area contributed by atoms with Gasteiger partial charge in [0.1, 0.15) is 0 Å². The van der Waals surface area contributed by atoms with E-state index < -0.39 is 0 Å². The SMILES string of the molecule is CC1CCCCN1CC(N)CCc1ccccc1. The van der Waals surface area contributed by atoms with Crippen LogP contribution in [0.4, 0.5) is 0 Å². The smallest absolute Gasteiger partial charge is 0.0171 e. The van der Waals surface area contributed by atoms with Gasteiger partial charge in [0.25, 0.3) is 0 Å². The van der Waals surface area contributed by atoms with E-state index in [0.717, 1.165) is 25.4 Å². The van der Waals surface area contributed by atoms with Gasteiger partial charge in [-0.15, -0.1) is 0 Å². The molecule has 0 aliphatic carbocycles. The van der Waals surface area contributed by atoms with E-state index in [1.807, 2.05) is 0 Å². The fourth-order valence-electron chi connectivity index (χ4n) is 2.82. The van der Waals surface area contributed by atoms with E-state index in [2.05, 4.69) is 42.2 Å². The van der Waals surface area contributed by atoms with Crippen molar-refractivity contribution in [3.8, 4) is 0 Å². The molecule has 2 unspecified atom stereocenters. The Hall–Kier alpha value is -0.860. The highest BCUT2D eigenvalue weighted by Gasteiger charge is 2.19. The number of aryl methyl sites for hydroxylation is 1. The molecule has 2 N–H and O–H groups in total. The Morgan fingerprint density at radius 1 is 1.28 bits per heavy atom. The Bertz CT molecular complexity index is 336. The molecule has 1 aliphatic rings. The first-order chi connectivity index (χ1) is 8.75. The van der Waals surface area contributed by atoms with Crippen LogP contribution in [0.15, 0.2) is 30.3 Å². The third-order valence-electron chi connectivity index (χ3n) is 4.06.